The van der Waals surface area contributed by atoms with E-state index in [9.17, 15) is 9.59 Å². The van der Waals surface area contributed by atoms with Crippen LogP contribution in [0, 0.1) is 0 Å². The van der Waals surface area contributed by atoms with E-state index in [1.165, 1.54) is 0 Å². The Kier molecular flexibility index (Phi) is 4.12. The summed E-state index contributed by atoms with van der Waals surface area (Å²) >= 11 is 0. The highest BCUT2D eigenvalue weighted by molar-refractivity contribution is 6.20. The zero-order chi connectivity index (χ0) is 17.3. The van der Waals surface area contributed by atoms with Crippen LogP contribution in [0.25, 0.3) is 21.9 Å². The monoisotopic (exact) mass is 325 g/mol. The zero-order valence-electron chi connectivity index (χ0n) is 13.6. The number of carbonyl (C=O) groups is 2. The first-order valence-corrected chi connectivity index (χ1v) is 7.86. The lowest BCUT2D eigenvalue weighted by atomic mass is 10.0. The SMILES string of the molecule is CCN(CC)C(=O)Nc1ccc2oc3ccccc3c2c1C(N)=O. The van der Waals surface area contributed by atoms with Gasteiger partial charge >= 0.3 is 6.03 Å². The van der Waals surface area contributed by atoms with Crippen molar-refractivity contribution in [3.05, 3.63) is 42.0 Å². The summed E-state index contributed by atoms with van der Waals surface area (Å²) in [5, 5.41) is 4.20. The molecule has 3 N–H and O–H groups in total. The van der Waals surface area contributed by atoms with Crippen LogP contribution in [0.3, 0.4) is 0 Å². The van der Waals surface area contributed by atoms with Crippen LogP contribution in [0.15, 0.2) is 40.8 Å². The first-order chi connectivity index (χ1) is 11.6. The van der Waals surface area contributed by atoms with Crippen molar-refractivity contribution in [1.82, 2.24) is 4.90 Å². The van der Waals surface area contributed by atoms with Crippen molar-refractivity contribution in [3.63, 3.8) is 0 Å². The molecule has 0 aliphatic carbocycles. The van der Waals surface area contributed by atoms with E-state index >= 15 is 0 Å². The molecule has 6 heteroatoms. The Balaban J connectivity index is 2.18. The zero-order valence-corrected chi connectivity index (χ0v) is 13.6. The molecule has 0 radical (unpaired) electrons. The molecule has 0 saturated heterocycles. The maximum Gasteiger partial charge on any atom is 0.321 e. The van der Waals surface area contributed by atoms with Crippen LogP contribution in [0.5, 0.6) is 0 Å². The molecule has 0 spiro atoms. The van der Waals surface area contributed by atoms with Gasteiger partial charge in [0.25, 0.3) is 5.91 Å². The van der Waals surface area contributed by atoms with Crippen LogP contribution in [0.1, 0.15) is 24.2 Å². The fraction of sp³-hybridized carbons (Fsp3) is 0.222. The number of amides is 3. The van der Waals surface area contributed by atoms with Crippen molar-refractivity contribution < 1.29 is 14.0 Å². The molecule has 3 amide bonds. The molecule has 0 aliphatic rings. The van der Waals surface area contributed by atoms with E-state index in [1.54, 1.807) is 17.0 Å². The molecular formula is C18H19N3O3. The van der Waals surface area contributed by atoms with E-state index < -0.39 is 5.91 Å². The van der Waals surface area contributed by atoms with Crippen molar-refractivity contribution in [3.8, 4) is 0 Å². The van der Waals surface area contributed by atoms with Crippen molar-refractivity contribution in [2.24, 2.45) is 5.73 Å². The first kappa shape index (κ1) is 15.9. The molecule has 6 nitrogen and oxygen atoms in total. The lowest BCUT2D eigenvalue weighted by Gasteiger charge is -2.20. The largest absolute Gasteiger partial charge is 0.456 e. The summed E-state index contributed by atoms with van der Waals surface area (Å²) in [6, 6.07) is 10.5. The van der Waals surface area contributed by atoms with Crippen molar-refractivity contribution >= 4 is 39.6 Å². The van der Waals surface area contributed by atoms with Crippen molar-refractivity contribution in [1.29, 1.82) is 0 Å². The molecule has 124 valence electrons. The summed E-state index contributed by atoms with van der Waals surface area (Å²) in [5.41, 5.74) is 7.48. The summed E-state index contributed by atoms with van der Waals surface area (Å²) in [4.78, 5) is 26.0. The van der Waals surface area contributed by atoms with E-state index in [4.69, 9.17) is 10.2 Å². The number of nitrogens with zero attached hydrogens (tertiary/aromatic N) is 1. The topological polar surface area (TPSA) is 88.6 Å². The molecule has 1 heterocycles. The van der Waals surface area contributed by atoms with Gasteiger partial charge in [0.15, 0.2) is 0 Å². The number of nitrogens with two attached hydrogens (primary N) is 1. The van der Waals surface area contributed by atoms with Crippen molar-refractivity contribution in [2.45, 2.75) is 13.8 Å². The smallest absolute Gasteiger partial charge is 0.321 e. The fourth-order valence-electron chi connectivity index (χ4n) is 2.88. The number of hydrogen-bond acceptors (Lipinski definition) is 3. The van der Waals surface area contributed by atoms with Gasteiger partial charge in [0.1, 0.15) is 11.2 Å². The minimum Gasteiger partial charge on any atom is -0.456 e. The van der Waals surface area contributed by atoms with Gasteiger partial charge in [0, 0.05) is 23.9 Å². The maximum atomic E-state index is 12.3. The second kappa shape index (κ2) is 6.23. The molecule has 0 atom stereocenters. The van der Waals surface area contributed by atoms with E-state index in [-0.39, 0.29) is 11.6 Å². The number of primary amides is 1. The third-order valence-electron chi connectivity index (χ3n) is 4.08. The van der Waals surface area contributed by atoms with Gasteiger partial charge in [-0.15, -0.1) is 0 Å². The van der Waals surface area contributed by atoms with Crippen LogP contribution in [0.2, 0.25) is 0 Å². The van der Waals surface area contributed by atoms with Gasteiger partial charge in [0.05, 0.1) is 11.3 Å². The minimum absolute atomic E-state index is 0.262. The van der Waals surface area contributed by atoms with Crippen LogP contribution in [-0.4, -0.2) is 29.9 Å². The number of urea groups is 1. The molecule has 0 aliphatic heterocycles. The minimum atomic E-state index is -0.609. The highest BCUT2D eigenvalue weighted by atomic mass is 16.3. The number of hydrogen-bond donors (Lipinski definition) is 2. The third-order valence-corrected chi connectivity index (χ3v) is 4.08. The molecule has 3 aromatic rings. The fourth-order valence-corrected chi connectivity index (χ4v) is 2.88. The number of nitrogens with one attached hydrogen (secondary N) is 1. The second-order valence-electron chi connectivity index (χ2n) is 5.43. The maximum absolute atomic E-state index is 12.3. The predicted octanol–water partition coefficient (Wildman–Crippen LogP) is 3.56. The number of carbonyl (C=O) groups excluding carboxylic acids is 2. The first-order valence-electron chi connectivity index (χ1n) is 7.86. The summed E-state index contributed by atoms with van der Waals surface area (Å²) in [6.45, 7) is 4.94. The third kappa shape index (κ3) is 2.56. The number of anilines is 1. The number of benzene rings is 2. The summed E-state index contributed by atoms with van der Waals surface area (Å²) in [7, 11) is 0. The molecule has 0 fully saturated rings. The molecule has 3 rings (SSSR count). The quantitative estimate of drug-likeness (QED) is 0.768. The summed E-state index contributed by atoms with van der Waals surface area (Å²) in [5.74, 6) is -0.609. The lowest BCUT2D eigenvalue weighted by molar-refractivity contribution is 0.100. The molecule has 24 heavy (non-hydrogen) atoms. The number of rotatable bonds is 4. The summed E-state index contributed by atoms with van der Waals surface area (Å²) in [6.07, 6.45) is 0. The van der Waals surface area contributed by atoms with E-state index in [2.05, 4.69) is 5.32 Å². The van der Waals surface area contributed by atoms with Crippen LogP contribution >= 0.6 is 0 Å². The van der Waals surface area contributed by atoms with Gasteiger partial charge < -0.3 is 20.4 Å². The molecule has 0 saturated carbocycles. The normalized spacial score (nSPS) is 10.9. The van der Waals surface area contributed by atoms with Gasteiger partial charge in [-0.25, -0.2) is 4.79 Å². The van der Waals surface area contributed by atoms with Crippen LogP contribution in [-0.2, 0) is 0 Å². The average Bonchev–Trinajstić information content (AvgIpc) is 2.94. The summed E-state index contributed by atoms with van der Waals surface area (Å²) < 4.78 is 5.76. The number of para-hydroxylation sites is 1. The van der Waals surface area contributed by atoms with Gasteiger partial charge in [-0.05, 0) is 32.0 Å². The predicted molar refractivity (Wildman–Crippen MR) is 94.2 cm³/mol. The molecular weight excluding hydrogens is 306 g/mol. The van der Waals surface area contributed by atoms with Crippen LogP contribution in [0.4, 0.5) is 10.5 Å². The Labute approximate surface area is 139 Å². The molecule has 1 aromatic heterocycles. The Morgan fingerprint density at radius 1 is 1.08 bits per heavy atom. The van der Waals surface area contributed by atoms with Crippen molar-refractivity contribution in [2.75, 3.05) is 18.4 Å². The molecule has 2 aromatic carbocycles. The molecule has 0 bridgehead atoms. The average molecular weight is 325 g/mol. The van der Waals surface area contributed by atoms with Crippen LogP contribution < -0.4 is 11.1 Å². The number of fused-ring (bicyclic) bond motifs is 3. The lowest BCUT2D eigenvalue weighted by Crippen LogP contribution is -2.35. The Hall–Kier alpha value is -3.02. The highest BCUT2D eigenvalue weighted by Gasteiger charge is 2.20. The molecule has 0 unspecified atom stereocenters. The standard InChI is InChI=1S/C18H19N3O3/c1-3-21(4-2)18(23)20-12-9-10-14-15(16(12)17(19)22)11-7-5-6-8-13(11)24-14/h5-10H,3-4H2,1-2H3,(H2,19,22)(H,20,23). The van der Waals surface area contributed by atoms with E-state index in [0.717, 1.165) is 5.39 Å². The van der Waals surface area contributed by atoms with E-state index in [0.29, 0.717) is 35.3 Å². The Morgan fingerprint density at radius 2 is 1.79 bits per heavy atom. The van der Waals surface area contributed by atoms with Gasteiger partial charge in [-0.1, -0.05) is 18.2 Å². The van der Waals surface area contributed by atoms with Gasteiger partial charge in [-0.3, -0.25) is 4.79 Å². The Morgan fingerprint density at radius 3 is 2.46 bits per heavy atom. The second-order valence-corrected chi connectivity index (χ2v) is 5.43. The van der Waals surface area contributed by atoms with E-state index in [1.807, 2.05) is 38.1 Å². The van der Waals surface area contributed by atoms with Gasteiger partial charge in [-0.2, -0.15) is 0 Å². The highest BCUT2D eigenvalue weighted by Crippen LogP contribution is 2.34. The van der Waals surface area contributed by atoms with Gasteiger partial charge in [0.2, 0.25) is 0 Å². The number of furan rings is 1. The Bertz CT molecular complexity index is 926.